The first-order valence-corrected chi connectivity index (χ1v) is 5.21. The molecule has 0 atom stereocenters. The van der Waals surface area contributed by atoms with E-state index in [1.54, 1.807) is 12.1 Å². The van der Waals surface area contributed by atoms with Crippen molar-refractivity contribution in [3.63, 3.8) is 0 Å². The van der Waals surface area contributed by atoms with Gasteiger partial charge in [-0.3, -0.25) is 9.59 Å². The van der Waals surface area contributed by atoms with Gasteiger partial charge >= 0.3 is 0 Å². The third-order valence-corrected chi connectivity index (χ3v) is 2.27. The maximum Gasteiger partial charge on any atom is 0.217 e. The molecule has 0 aromatic carbocycles. The molecule has 0 aliphatic rings. The molecule has 0 bridgehead atoms. The van der Waals surface area contributed by atoms with Crippen LogP contribution in [0.4, 0.5) is 0 Å². The summed E-state index contributed by atoms with van der Waals surface area (Å²) in [6, 6.07) is 3.39. The van der Waals surface area contributed by atoms with Gasteiger partial charge in [-0.15, -0.1) is 0 Å². The molecule has 15 heavy (non-hydrogen) atoms. The van der Waals surface area contributed by atoms with E-state index in [4.69, 9.17) is 0 Å². The zero-order valence-corrected chi connectivity index (χ0v) is 10.1. The number of nitrogens with one attached hydrogen (secondary N) is 1. The van der Waals surface area contributed by atoms with Gasteiger partial charge in [0.1, 0.15) is 4.60 Å². The number of carbonyl (C=O) groups excluding carboxylic acids is 2. The quantitative estimate of drug-likeness (QED) is 0.672. The van der Waals surface area contributed by atoms with Gasteiger partial charge < -0.3 is 5.32 Å². The molecule has 0 unspecified atom stereocenters. The van der Waals surface area contributed by atoms with Crippen LogP contribution in [-0.4, -0.2) is 16.7 Å². The van der Waals surface area contributed by atoms with Gasteiger partial charge in [0.25, 0.3) is 0 Å². The monoisotopic (exact) mass is 270 g/mol. The minimum Gasteiger partial charge on any atom is -0.351 e. The van der Waals surface area contributed by atoms with Crippen molar-refractivity contribution in [1.82, 2.24) is 10.3 Å². The van der Waals surface area contributed by atoms with Crippen LogP contribution in [0.2, 0.25) is 0 Å². The summed E-state index contributed by atoms with van der Waals surface area (Å²) in [5, 5.41) is 2.61. The number of carbonyl (C=O) groups is 2. The minimum absolute atomic E-state index is 0.0599. The highest BCUT2D eigenvalue weighted by Gasteiger charge is 2.09. The van der Waals surface area contributed by atoms with Gasteiger partial charge in [0.2, 0.25) is 5.91 Å². The number of halogens is 1. The van der Waals surface area contributed by atoms with Crippen LogP contribution in [0, 0.1) is 0 Å². The number of rotatable bonds is 3. The van der Waals surface area contributed by atoms with E-state index in [1.807, 2.05) is 0 Å². The molecule has 5 heteroatoms. The Morgan fingerprint density at radius 3 is 2.60 bits per heavy atom. The van der Waals surface area contributed by atoms with Gasteiger partial charge in [0, 0.05) is 12.5 Å². The third kappa shape index (κ3) is 3.43. The summed E-state index contributed by atoms with van der Waals surface area (Å²) in [4.78, 5) is 26.1. The number of hydrogen-bond donors (Lipinski definition) is 1. The van der Waals surface area contributed by atoms with Crippen molar-refractivity contribution < 1.29 is 9.59 Å². The largest absolute Gasteiger partial charge is 0.351 e. The van der Waals surface area contributed by atoms with E-state index in [1.165, 1.54) is 13.8 Å². The molecule has 80 valence electrons. The van der Waals surface area contributed by atoms with Gasteiger partial charge in [-0.25, -0.2) is 4.98 Å². The van der Waals surface area contributed by atoms with Crippen LogP contribution < -0.4 is 5.32 Å². The van der Waals surface area contributed by atoms with Crippen molar-refractivity contribution in [3.8, 4) is 0 Å². The SMILES string of the molecule is CC(=O)NCc1nc(Br)ccc1C(C)=O. The molecule has 0 saturated carbocycles. The van der Waals surface area contributed by atoms with Gasteiger partial charge in [-0.1, -0.05) is 0 Å². The zero-order valence-electron chi connectivity index (χ0n) is 8.50. The van der Waals surface area contributed by atoms with Crippen LogP contribution >= 0.6 is 15.9 Å². The molecule has 0 radical (unpaired) electrons. The number of amides is 1. The average molecular weight is 271 g/mol. The van der Waals surface area contributed by atoms with E-state index >= 15 is 0 Å². The molecule has 0 aliphatic carbocycles. The normalized spacial score (nSPS) is 9.80. The standard InChI is InChI=1S/C10H11BrN2O2/c1-6(14)8-3-4-10(11)13-9(8)5-12-7(2)15/h3-4H,5H2,1-2H3,(H,12,15). The number of pyridine rings is 1. The van der Waals surface area contributed by atoms with Crippen molar-refractivity contribution in [1.29, 1.82) is 0 Å². The number of aromatic nitrogens is 1. The lowest BCUT2D eigenvalue weighted by atomic mass is 10.1. The number of Topliss-reactive ketones (excluding diaryl/α,β-unsaturated/α-hetero) is 1. The molecule has 4 nitrogen and oxygen atoms in total. The van der Waals surface area contributed by atoms with E-state index in [2.05, 4.69) is 26.2 Å². The lowest BCUT2D eigenvalue weighted by Gasteiger charge is -2.06. The number of nitrogens with zero attached hydrogens (tertiary/aromatic N) is 1. The van der Waals surface area contributed by atoms with Crippen molar-refractivity contribution in [2.45, 2.75) is 20.4 Å². The third-order valence-electron chi connectivity index (χ3n) is 1.82. The van der Waals surface area contributed by atoms with Gasteiger partial charge in [0.05, 0.1) is 12.2 Å². The van der Waals surface area contributed by atoms with Crippen molar-refractivity contribution in [2.75, 3.05) is 0 Å². The Hall–Kier alpha value is -1.23. The molecule has 0 aliphatic heterocycles. The van der Waals surface area contributed by atoms with Crippen LogP contribution in [0.25, 0.3) is 0 Å². The zero-order chi connectivity index (χ0) is 11.4. The van der Waals surface area contributed by atoms with E-state index in [-0.39, 0.29) is 18.2 Å². The highest BCUT2D eigenvalue weighted by Crippen LogP contribution is 2.12. The Kier molecular flexibility index (Phi) is 3.96. The number of ketones is 1. The second-order valence-corrected chi connectivity index (χ2v) is 3.91. The van der Waals surface area contributed by atoms with Gasteiger partial charge in [-0.05, 0) is 35.0 Å². The van der Waals surface area contributed by atoms with Gasteiger partial charge in [-0.2, -0.15) is 0 Å². The summed E-state index contributed by atoms with van der Waals surface area (Å²) in [7, 11) is 0. The fraction of sp³-hybridized carbons (Fsp3) is 0.300. The fourth-order valence-corrected chi connectivity index (χ4v) is 1.48. The predicted molar refractivity (Wildman–Crippen MR) is 59.5 cm³/mol. The van der Waals surface area contributed by atoms with E-state index in [0.717, 1.165) is 0 Å². The first-order chi connectivity index (χ1) is 7.00. The highest BCUT2D eigenvalue weighted by atomic mass is 79.9. The van der Waals surface area contributed by atoms with Crippen LogP contribution in [0.1, 0.15) is 29.9 Å². The van der Waals surface area contributed by atoms with Crippen LogP contribution in [0.15, 0.2) is 16.7 Å². The smallest absolute Gasteiger partial charge is 0.217 e. The second-order valence-electron chi connectivity index (χ2n) is 3.09. The summed E-state index contributed by atoms with van der Waals surface area (Å²) in [5.41, 5.74) is 1.11. The van der Waals surface area contributed by atoms with Crippen LogP contribution in [0.5, 0.6) is 0 Å². The molecule has 1 amide bonds. The Bertz CT molecular complexity index is 404. The average Bonchev–Trinajstić information content (AvgIpc) is 2.14. The Labute approximate surface area is 96.2 Å². The Morgan fingerprint density at radius 1 is 1.40 bits per heavy atom. The van der Waals surface area contributed by atoms with E-state index < -0.39 is 0 Å². The lowest BCUT2D eigenvalue weighted by Crippen LogP contribution is -2.21. The first kappa shape index (κ1) is 11.8. The topological polar surface area (TPSA) is 59.1 Å². The summed E-state index contributed by atoms with van der Waals surface area (Å²) >= 11 is 3.22. The Balaban J connectivity index is 2.96. The van der Waals surface area contributed by atoms with E-state index in [0.29, 0.717) is 15.9 Å². The summed E-state index contributed by atoms with van der Waals surface area (Å²) in [5.74, 6) is -0.207. The molecule has 1 N–H and O–H groups in total. The second kappa shape index (κ2) is 5.02. The molecule has 1 aromatic heterocycles. The summed E-state index contributed by atoms with van der Waals surface area (Å²) in [6.45, 7) is 3.16. The summed E-state index contributed by atoms with van der Waals surface area (Å²) < 4.78 is 0.646. The maximum absolute atomic E-state index is 11.3. The maximum atomic E-state index is 11.3. The Morgan fingerprint density at radius 2 is 2.07 bits per heavy atom. The molecule has 1 aromatic rings. The number of hydrogen-bond acceptors (Lipinski definition) is 3. The van der Waals surface area contributed by atoms with Crippen molar-refractivity contribution in [2.24, 2.45) is 0 Å². The molecule has 1 heterocycles. The molecule has 0 fully saturated rings. The van der Waals surface area contributed by atoms with Crippen molar-refractivity contribution >= 4 is 27.6 Å². The first-order valence-electron chi connectivity index (χ1n) is 4.41. The molecule has 0 spiro atoms. The predicted octanol–water partition coefficient (Wildman–Crippen LogP) is 1.68. The molecular weight excluding hydrogens is 260 g/mol. The molecule has 1 rings (SSSR count). The molecular formula is C10H11BrN2O2. The van der Waals surface area contributed by atoms with Crippen molar-refractivity contribution in [3.05, 3.63) is 28.0 Å². The fourth-order valence-electron chi connectivity index (χ4n) is 1.14. The highest BCUT2D eigenvalue weighted by molar-refractivity contribution is 9.10. The van der Waals surface area contributed by atoms with Crippen LogP contribution in [0.3, 0.4) is 0 Å². The molecule has 0 saturated heterocycles. The lowest BCUT2D eigenvalue weighted by molar-refractivity contribution is -0.119. The van der Waals surface area contributed by atoms with Crippen LogP contribution in [-0.2, 0) is 11.3 Å². The summed E-state index contributed by atoms with van der Waals surface area (Å²) in [6.07, 6.45) is 0. The minimum atomic E-state index is -0.147. The van der Waals surface area contributed by atoms with E-state index in [9.17, 15) is 9.59 Å². The van der Waals surface area contributed by atoms with Gasteiger partial charge in [0.15, 0.2) is 5.78 Å².